The molecule has 2 rings (SSSR count). The summed E-state index contributed by atoms with van der Waals surface area (Å²) in [6, 6.07) is 7.16. The number of aliphatic carboxylic acids is 1. The Labute approximate surface area is 123 Å². The summed E-state index contributed by atoms with van der Waals surface area (Å²) in [4.78, 5) is 24.6. The number of carboxylic acids is 1. The lowest BCUT2D eigenvalue weighted by molar-refractivity contribution is -0.136. The zero-order valence-electron chi connectivity index (χ0n) is 11.8. The van der Waals surface area contributed by atoms with E-state index in [2.05, 4.69) is 5.32 Å². The number of carbonyl (C=O) groups is 2. The van der Waals surface area contributed by atoms with Crippen LogP contribution >= 0.6 is 0 Å². The van der Waals surface area contributed by atoms with Crippen molar-refractivity contribution in [3.05, 3.63) is 29.8 Å². The fourth-order valence-corrected chi connectivity index (χ4v) is 2.23. The predicted octanol–water partition coefficient (Wildman–Crippen LogP) is 1.69. The predicted molar refractivity (Wildman–Crippen MR) is 78.2 cm³/mol. The van der Waals surface area contributed by atoms with Crippen molar-refractivity contribution in [2.45, 2.75) is 31.7 Å². The smallest absolute Gasteiger partial charge is 0.322 e. The Morgan fingerprint density at radius 2 is 2.00 bits per heavy atom. The van der Waals surface area contributed by atoms with E-state index in [4.69, 9.17) is 10.2 Å². The molecule has 6 heteroatoms. The van der Waals surface area contributed by atoms with Crippen LogP contribution in [-0.4, -0.2) is 46.3 Å². The van der Waals surface area contributed by atoms with Gasteiger partial charge in [0.15, 0.2) is 0 Å². The zero-order valence-corrected chi connectivity index (χ0v) is 11.8. The number of rotatable bonds is 7. The van der Waals surface area contributed by atoms with Gasteiger partial charge in [-0.2, -0.15) is 0 Å². The van der Waals surface area contributed by atoms with E-state index in [1.165, 1.54) is 0 Å². The number of carboxylic acid groups (broad SMARTS) is 1. The molecule has 0 aromatic heterocycles. The summed E-state index contributed by atoms with van der Waals surface area (Å²) in [5, 5.41) is 20.6. The van der Waals surface area contributed by atoms with Gasteiger partial charge in [-0.15, -0.1) is 0 Å². The highest BCUT2D eigenvalue weighted by molar-refractivity contribution is 5.90. The van der Waals surface area contributed by atoms with Crippen LogP contribution in [0.4, 0.5) is 10.5 Å². The molecule has 0 saturated heterocycles. The topological polar surface area (TPSA) is 89.9 Å². The van der Waals surface area contributed by atoms with E-state index in [1.807, 2.05) is 12.1 Å². The van der Waals surface area contributed by atoms with Crippen LogP contribution in [0.2, 0.25) is 0 Å². The van der Waals surface area contributed by atoms with Crippen LogP contribution in [0, 0.1) is 0 Å². The molecule has 0 aliphatic heterocycles. The Morgan fingerprint density at radius 1 is 1.29 bits per heavy atom. The van der Waals surface area contributed by atoms with Crippen molar-refractivity contribution in [1.29, 1.82) is 0 Å². The molecular formula is C15H20N2O4. The molecule has 2 amide bonds. The summed E-state index contributed by atoms with van der Waals surface area (Å²) in [7, 11) is 0. The molecule has 21 heavy (non-hydrogen) atoms. The third-order valence-corrected chi connectivity index (χ3v) is 3.46. The molecule has 1 fully saturated rings. The number of carbonyl (C=O) groups excluding carboxylic acids is 1. The lowest BCUT2D eigenvalue weighted by atomic mass is 10.1. The van der Waals surface area contributed by atoms with Crippen molar-refractivity contribution < 1.29 is 19.8 Å². The lowest BCUT2D eigenvalue weighted by Gasteiger charge is -2.22. The number of aliphatic hydroxyl groups is 1. The minimum absolute atomic E-state index is 0.0237. The summed E-state index contributed by atoms with van der Waals surface area (Å²) >= 11 is 0. The standard InChI is InChI=1S/C15H20N2O4/c18-10-9-17(12-6-7-12)15(21)16-13-4-2-1-3-11(13)5-8-14(19)20/h1-4,12,18H,5-10H2,(H,16,21)(H,19,20). The molecule has 1 aromatic carbocycles. The fourth-order valence-electron chi connectivity index (χ4n) is 2.23. The Balaban J connectivity index is 2.03. The summed E-state index contributed by atoms with van der Waals surface area (Å²) in [5.74, 6) is -0.865. The van der Waals surface area contributed by atoms with E-state index < -0.39 is 5.97 Å². The number of hydrogen-bond acceptors (Lipinski definition) is 3. The molecule has 0 atom stereocenters. The van der Waals surface area contributed by atoms with Gasteiger partial charge in [-0.1, -0.05) is 18.2 Å². The van der Waals surface area contributed by atoms with Crippen LogP contribution in [0.25, 0.3) is 0 Å². The lowest BCUT2D eigenvalue weighted by Crippen LogP contribution is -2.38. The summed E-state index contributed by atoms with van der Waals surface area (Å²) in [6.45, 7) is 0.248. The highest BCUT2D eigenvalue weighted by atomic mass is 16.4. The number of benzene rings is 1. The Morgan fingerprint density at radius 3 is 2.62 bits per heavy atom. The van der Waals surface area contributed by atoms with Crippen LogP contribution < -0.4 is 5.32 Å². The van der Waals surface area contributed by atoms with Crippen LogP contribution in [0.3, 0.4) is 0 Å². The first-order valence-corrected chi connectivity index (χ1v) is 7.10. The number of para-hydroxylation sites is 1. The molecule has 0 bridgehead atoms. The fraction of sp³-hybridized carbons (Fsp3) is 0.467. The van der Waals surface area contributed by atoms with E-state index in [-0.39, 0.29) is 25.1 Å². The minimum Gasteiger partial charge on any atom is -0.481 e. The van der Waals surface area contributed by atoms with Crippen molar-refractivity contribution in [2.75, 3.05) is 18.5 Å². The third-order valence-electron chi connectivity index (χ3n) is 3.46. The minimum atomic E-state index is -0.865. The molecule has 0 spiro atoms. The van der Waals surface area contributed by atoms with Crippen molar-refractivity contribution in [2.24, 2.45) is 0 Å². The maximum Gasteiger partial charge on any atom is 0.322 e. The van der Waals surface area contributed by atoms with Crippen LogP contribution in [0.1, 0.15) is 24.8 Å². The Bertz CT molecular complexity index is 514. The van der Waals surface area contributed by atoms with Gasteiger partial charge in [0.1, 0.15) is 0 Å². The van der Waals surface area contributed by atoms with E-state index in [1.54, 1.807) is 17.0 Å². The van der Waals surface area contributed by atoms with Gasteiger partial charge in [0.2, 0.25) is 0 Å². The maximum atomic E-state index is 12.3. The highest BCUT2D eigenvalue weighted by Crippen LogP contribution is 2.27. The van der Waals surface area contributed by atoms with Crippen LogP contribution in [0.5, 0.6) is 0 Å². The average molecular weight is 292 g/mol. The van der Waals surface area contributed by atoms with E-state index >= 15 is 0 Å². The number of amides is 2. The van der Waals surface area contributed by atoms with Crippen LogP contribution in [0.15, 0.2) is 24.3 Å². The number of aryl methyl sites for hydroxylation is 1. The largest absolute Gasteiger partial charge is 0.481 e. The van der Waals surface area contributed by atoms with Crippen molar-refractivity contribution in [1.82, 2.24) is 4.90 Å². The Hall–Kier alpha value is -2.08. The second-order valence-electron chi connectivity index (χ2n) is 5.13. The quantitative estimate of drug-likeness (QED) is 0.713. The molecule has 0 heterocycles. The number of nitrogens with one attached hydrogen (secondary N) is 1. The summed E-state index contributed by atoms with van der Waals surface area (Å²) in [6.07, 6.45) is 2.33. The molecule has 1 aromatic rings. The number of urea groups is 1. The SMILES string of the molecule is O=C(O)CCc1ccccc1NC(=O)N(CCO)C1CC1. The monoisotopic (exact) mass is 292 g/mol. The van der Waals surface area contributed by atoms with Crippen molar-refractivity contribution in [3.63, 3.8) is 0 Å². The van der Waals surface area contributed by atoms with Crippen molar-refractivity contribution >= 4 is 17.7 Å². The molecule has 1 aliphatic rings. The molecule has 3 N–H and O–H groups in total. The molecule has 1 aliphatic carbocycles. The third kappa shape index (κ3) is 4.46. The molecule has 1 saturated carbocycles. The van der Waals surface area contributed by atoms with Crippen molar-refractivity contribution in [3.8, 4) is 0 Å². The number of anilines is 1. The first-order valence-electron chi connectivity index (χ1n) is 7.10. The normalized spacial score (nSPS) is 13.8. The second kappa shape index (κ2) is 7.08. The second-order valence-corrected chi connectivity index (χ2v) is 5.13. The maximum absolute atomic E-state index is 12.3. The number of hydrogen-bond donors (Lipinski definition) is 3. The van der Waals surface area contributed by atoms with Gasteiger partial charge in [-0.3, -0.25) is 4.79 Å². The highest BCUT2D eigenvalue weighted by Gasteiger charge is 2.32. The van der Waals surface area contributed by atoms with Gasteiger partial charge in [0, 0.05) is 24.7 Å². The Kier molecular flexibility index (Phi) is 5.16. The molecular weight excluding hydrogens is 272 g/mol. The number of aliphatic hydroxyl groups excluding tert-OH is 1. The van der Waals surface area contributed by atoms with E-state index in [0.717, 1.165) is 18.4 Å². The van der Waals surface area contributed by atoms with Crippen LogP contribution in [-0.2, 0) is 11.2 Å². The first-order chi connectivity index (χ1) is 10.1. The molecule has 6 nitrogen and oxygen atoms in total. The molecule has 114 valence electrons. The average Bonchev–Trinajstić information content (AvgIpc) is 3.28. The van der Waals surface area contributed by atoms with Gasteiger partial charge >= 0.3 is 12.0 Å². The summed E-state index contributed by atoms with van der Waals surface area (Å²) in [5.41, 5.74) is 1.43. The van der Waals surface area contributed by atoms with E-state index in [9.17, 15) is 9.59 Å². The van der Waals surface area contributed by atoms with Gasteiger partial charge in [-0.25, -0.2) is 4.79 Å². The summed E-state index contributed by atoms with van der Waals surface area (Å²) < 4.78 is 0. The van der Waals surface area contributed by atoms with Gasteiger partial charge in [0.25, 0.3) is 0 Å². The first kappa shape index (κ1) is 15.3. The molecule has 0 radical (unpaired) electrons. The van der Waals surface area contributed by atoms with Gasteiger partial charge in [-0.05, 0) is 30.9 Å². The molecule has 0 unspecified atom stereocenters. The van der Waals surface area contributed by atoms with E-state index in [0.29, 0.717) is 18.7 Å². The zero-order chi connectivity index (χ0) is 15.2. The number of nitrogens with zero attached hydrogens (tertiary/aromatic N) is 1. The van der Waals surface area contributed by atoms with Gasteiger partial charge < -0.3 is 20.4 Å². The van der Waals surface area contributed by atoms with Gasteiger partial charge in [0.05, 0.1) is 6.61 Å².